The van der Waals surface area contributed by atoms with Crippen molar-refractivity contribution < 1.29 is 5.32 Å². The number of benzene rings is 1. The molecule has 1 aromatic carbocycles. The second-order valence-electron chi connectivity index (χ2n) is 7.51. The lowest BCUT2D eigenvalue weighted by atomic mass is 10.1. The van der Waals surface area contributed by atoms with E-state index in [9.17, 15) is 0 Å². The summed E-state index contributed by atoms with van der Waals surface area (Å²) in [6.07, 6.45) is 17.0. The molecule has 0 amide bonds. The smallest absolute Gasteiger partial charge is 0.101 e. The third kappa shape index (κ3) is 15.6. The van der Waals surface area contributed by atoms with Gasteiger partial charge >= 0.3 is 0 Å². The first-order valence-electron chi connectivity index (χ1n) is 11.1. The van der Waals surface area contributed by atoms with Crippen LogP contribution in [0.4, 0.5) is 0 Å². The van der Waals surface area contributed by atoms with Crippen LogP contribution in [0.15, 0.2) is 30.3 Å². The van der Waals surface area contributed by atoms with Gasteiger partial charge in [-0.2, -0.15) is 0 Å². The Morgan fingerprint density at radius 1 is 0.654 bits per heavy atom. The highest BCUT2D eigenvalue weighted by Crippen LogP contribution is 2.12. The van der Waals surface area contributed by atoms with Gasteiger partial charge in [0.15, 0.2) is 0 Å². The van der Waals surface area contributed by atoms with Crippen LogP contribution >= 0.6 is 0 Å². The van der Waals surface area contributed by atoms with Gasteiger partial charge in [0.1, 0.15) is 6.54 Å². The average molecular weight is 375 g/mol. The Kier molecular flexibility index (Phi) is 17.2. The van der Waals surface area contributed by atoms with E-state index in [2.05, 4.69) is 51.2 Å². The fraction of sp³-hybridized carbons (Fsp3) is 0.739. The minimum absolute atomic E-state index is 1.10. The maximum atomic E-state index is 3.58. The summed E-state index contributed by atoms with van der Waals surface area (Å²) in [6.45, 7) is 4.58. The summed E-state index contributed by atoms with van der Waals surface area (Å²) in [4.78, 5) is 0. The summed E-state index contributed by atoms with van der Waals surface area (Å²) in [5, 5.41) is 5.97. The highest BCUT2D eigenvalue weighted by molar-refractivity contribution is 6.08. The number of nitrogens with one attached hydrogen (secondary N) is 1. The molecule has 1 aromatic rings. The summed E-state index contributed by atoms with van der Waals surface area (Å²) < 4.78 is 0. The normalized spacial score (nSPS) is 11.1. The van der Waals surface area contributed by atoms with E-state index in [1.54, 1.807) is 0 Å². The zero-order valence-corrected chi connectivity index (χ0v) is 18.0. The third-order valence-electron chi connectivity index (χ3n) is 5.03. The van der Waals surface area contributed by atoms with Crippen molar-refractivity contribution in [2.45, 2.75) is 89.6 Å². The van der Waals surface area contributed by atoms with Gasteiger partial charge in [-0.3, -0.25) is 0 Å². The van der Waals surface area contributed by atoms with E-state index in [1.165, 1.54) is 102 Å². The molecule has 0 bridgehead atoms. The van der Waals surface area contributed by atoms with Crippen LogP contribution in [0.2, 0.25) is 6.04 Å². The van der Waals surface area contributed by atoms with E-state index >= 15 is 0 Å². The predicted octanol–water partition coefficient (Wildman–Crippen LogP) is 4.61. The molecule has 3 N–H and O–H groups in total. The van der Waals surface area contributed by atoms with Crippen molar-refractivity contribution in [3.05, 3.63) is 35.9 Å². The average Bonchev–Trinajstić information content (AvgIpc) is 2.68. The Morgan fingerprint density at radius 3 is 1.77 bits per heavy atom. The SMILES string of the molecule is [Si]CCCCCCCCCCCCCCNCC[NH2+]Cc1ccccc1. The Morgan fingerprint density at radius 2 is 1.19 bits per heavy atom. The largest absolute Gasteiger partial charge is 0.341 e. The lowest BCUT2D eigenvalue weighted by Crippen LogP contribution is -2.84. The van der Waals surface area contributed by atoms with E-state index in [0.717, 1.165) is 13.1 Å². The number of nitrogens with two attached hydrogens (primary N) is 1. The molecule has 3 radical (unpaired) electrons. The molecule has 0 aliphatic rings. The zero-order chi connectivity index (χ0) is 18.5. The fourth-order valence-electron chi connectivity index (χ4n) is 3.35. The molecule has 2 nitrogen and oxygen atoms in total. The van der Waals surface area contributed by atoms with Crippen LogP contribution in [-0.2, 0) is 6.54 Å². The van der Waals surface area contributed by atoms with Crippen LogP contribution in [0.25, 0.3) is 0 Å². The molecule has 0 aliphatic heterocycles. The van der Waals surface area contributed by atoms with Crippen LogP contribution < -0.4 is 10.6 Å². The Hall–Kier alpha value is -0.643. The van der Waals surface area contributed by atoms with Gasteiger partial charge in [0.25, 0.3) is 0 Å². The van der Waals surface area contributed by atoms with Gasteiger partial charge in [0, 0.05) is 22.4 Å². The monoisotopic (exact) mass is 374 g/mol. The molecular formula is C23H42N2Si+. The number of hydrogen-bond acceptors (Lipinski definition) is 1. The van der Waals surface area contributed by atoms with E-state index in [-0.39, 0.29) is 0 Å². The topological polar surface area (TPSA) is 28.6 Å². The summed E-state index contributed by atoms with van der Waals surface area (Å²) in [7, 11) is 3.54. The third-order valence-corrected chi connectivity index (χ3v) is 5.38. The second kappa shape index (κ2) is 19.1. The van der Waals surface area contributed by atoms with Gasteiger partial charge in [0.2, 0.25) is 0 Å². The van der Waals surface area contributed by atoms with Gasteiger partial charge in [-0.05, 0) is 13.0 Å². The number of rotatable bonds is 19. The Labute approximate surface area is 166 Å². The molecule has 0 fully saturated rings. The minimum atomic E-state index is 1.10. The van der Waals surface area contributed by atoms with Crippen molar-refractivity contribution in [1.29, 1.82) is 0 Å². The van der Waals surface area contributed by atoms with Crippen LogP contribution in [0.5, 0.6) is 0 Å². The quantitative estimate of drug-likeness (QED) is 0.269. The van der Waals surface area contributed by atoms with Crippen LogP contribution in [-0.4, -0.2) is 29.9 Å². The highest BCUT2D eigenvalue weighted by Gasteiger charge is 1.96. The first-order valence-corrected chi connectivity index (χ1v) is 11.8. The fourth-order valence-corrected chi connectivity index (χ4v) is 3.60. The first-order chi connectivity index (χ1) is 12.9. The van der Waals surface area contributed by atoms with Crippen molar-refractivity contribution in [1.82, 2.24) is 5.32 Å². The van der Waals surface area contributed by atoms with Crippen LogP contribution in [0, 0.1) is 0 Å². The first kappa shape index (κ1) is 23.4. The maximum Gasteiger partial charge on any atom is 0.101 e. The number of quaternary nitrogens is 1. The van der Waals surface area contributed by atoms with E-state index in [1.807, 2.05) is 0 Å². The molecule has 0 atom stereocenters. The van der Waals surface area contributed by atoms with Crippen LogP contribution in [0.3, 0.4) is 0 Å². The molecule has 0 aromatic heterocycles. The van der Waals surface area contributed by atoms with Crippen molar-refractivity contribution in [2.24, 2.45) is 0 Å². The molecule has 0 saturated heterocycles. The molecule has 0 heterocycles. The molecule has 0 spiro atoms. The molecule has 26 heavy (non-hydrogen) atoms. The van der Waals surface area contributed by atoms with Crippen molar-refractivity contribution in [2.75, 3.05) is 19.6 Å². The Bertz CT molecular complexity index is 383. The molecule has 0 aliphatic carbocycles. The van der Waals surface area contributed by atoms with Gasteiger partial charge in [-0.25, -0.2) is 0 Å². The lowest BCUT2D eigenvalue weighted by molar-refractivity contribution is -0.668. The van der Waals surface area contributed by atoms with E-state index in [4.69, 9.17) is 0 Å². The van der Waals surface area contributed by atoms with Gasteiger partial charge in [0.05, 0.1) is 6.54 Å². The zero-order valence-electron chi connectivity index (χ0n) is 17.0. The van der Waals surface area contributed by atoms with Gasteiger partial charge in [-0.1, -0.05) is 107 Å². The standard InChI is InChI=1S/C23H41N2Si/c26-21-15-10-8-6-4-2-1-3-5-7-9-14-18-24-19-20-25-22-23-16-12-11-13-17-23/h11-13,16-17,24-25H,1-10,14-15,18-22H2/p+1. The minimum Gasteiger partial charge on any atom is -0.341 e. The van der Waals surface area contributed by atoms with Crippen molar-refractivity contribution in [3.63, 3.8) is 0 Å². The van der Waals surface area contributed by atoms with Crippen LogP contribution in [0.1, 0.15) is 82.6 Å². The predicted molar refractivity (Wildman–Crippen MR) is 116 cm³/mol. The summed E-state index contributed by atoms with van der Waals surface area (Å²) in [5.74, 6) is 0. The summed E-state index contributed by atoms with van der Waals surface area (Å²) in [6, 6.07) is 11.9. The molecule has 1 rings (SSSR count). The lowest BCUT2D eigenvalue weighted by Gasteiger charge is -2.05. The molecular weight excluding hydrogens is 332 g/mol. The Balaban J connectivity index is 1.68. The van der Waals surface area contributed by atoms with E-state index in [0.29, 0.717) is 0 Å². The molecule has 0 saturated carbocycles. The highest BCUT2D eigenvalue weighted by atomic mass is 28.1. The molecule has 0 unspecified atom stereocenters. The van der Waals surface area contributed by atoms with Crippen molar-refractivity contribution >= 4 is 10.2 Å². The maximum absolute atomic E-state index is 3.58. The number of unbranched alkanes of at least 4 members (excludes halogenated alkanes) is 11. The molecule has 147 valence electrons. The molecule has 3 heteroatoms. The summed E-state index contributed by atoms with van der Waals surface area (Å²) in [5.41, 5.74) is 1.42. The van der Waals surface area contributed by atoms with Crippen molar-refractivity contribution in [3.8, 4) is 0 Å². The van der Waals surface area contributed by atoms with Gasteiger partial charge in [-0.15, -0.1) is 0 Å². The summed E-state index contributed by atoms with van der Waals surface area (Å²) >= 11 is 0. The second-order valence-corrected chi connectivity index (χ2v) is 8.01. The van der Waals surface area contributed by atoms with Gasteiger partial charge < -0.3 is 10.6 Å². The van der Waals surface area contributed by atoms with E-state index < -0.39 is 0 Å². The number of hydrogen-bond donors (Lipinski definition) is 2.